The van der Waals surface area contributed by atoms with Crippen LogP contribution in [0.15, 0.2) is 54.6 Å². The summed E-state index contributed by atoms with van der Waals surface area (Å²) in [6, 6.07) is 16.8. The Morgan fingerprint density at radius 1 is 1.07 bits per heavy atom. The smallest absolute Gasteiger partial charge is 0.312 e. The highest BCUT2D eigenvalue weighted by Gasteiger charge is 2.18. The number of nitrogens with zero attached hydrogens (tertiary/aromatic N) is 1. The minimum Gasteiger partial charge on any atom is -0.372 e. The second-order valence-electron chi connectivity index (χ2n) is 6.74. The van der Waals surface area contributed by atoms with Crippen LogP contribution < -0.4 is 21.3 Å². The third-order valence-corrected chi connectivity index (χ3v) is 4.70. The van der Waals surface area contributed by atoms with Crippen LogP contribution in [-0.2, 0) is 4.79 Å². The second-order valence-corrected chi connectivity index (χ2v) is 6.74. The Kier molecular flexibility index (Phi) is 8.34. The van der Waals surface area contributed by atoms with Gasteiger partial charge in [0.2, 0.25) is 5.91 Å². The Morgan fingerprint density at radius 3 is 2.39 bits per heavy atom. The molecule has 2 aromatic rings. The van der Waals surface area contributed by atoms with Gasteiger partial charge in [-0.25, -0.2) is 4.79 Å². The summed E-state index contributed by atoms with van der Waals surface area (Å²) in [5.74, 6) is -0.107. The van der Waals surface area contributed by atoms with Crippen molar-refractivity contribution in [2.75, 3.05) is 24.5 Å². The van der Waals surface area contributed by atoms with Crippen molar-refractivity contribution in [3.05, 3.63) is 65.7 Å². The molecule has 0 spiro atoms. The monoisotopic (exact) mass is 382 g/mol. The lowest BCUT2D eigenvalue weighted by molar-refractivity contribution is -0.121. The van der Waals surface area contributed by atoms with Gasteiger partial charge < -0.3 is 21.3 Å². The first kappa shape index (κ1) is 21.3. The van der Waals surface area contributed by atoms with Gasteiger partial charge in [-0.2, -0.15) is 0 Å². The summed E-state index contributed by atoms with van der Waals surface area (Å²) >= 11 is 0. The van der Waals surface area contributed by atoms with Gasteiger partial charge in [-0.3, -0.25) is 4.79 Å². The van der Waals surface area contributed by atoms with Gasteiger partial charge in [0, 0.05) is 25.3 Å². The third kappa shape index (κ3) is 6.61. The largest absolute Gasteiger partial charge is 0.372 e. The van der Waals surface area contributed by atoms with Crippen molar-refractivity contribution in [3.63, 3.8) is 0 Å². The van der Waals surface area contributed by atoms with Crippen LogP contribution in [0.5, 0.6) is 0 Å². The molecular formula is C22H30N4O2. The summed E-state index contributed by atoms with van der Waals surface area (Å²) in [4.78, 5) is 26.0. The van der Waals surface area contributed by atoms with Crippen LogP contribution in [-0.4, -0.2) is 31.6 Å². The lowest BCUT2D eigenvalue weighted by Gasteiger charge is -2.23. The SMILES string of the molecule is CCN(CCCNC(=O)CC(NC(N)=O)c1ccccc1C)c1ccccc1. The topological polar surface area (TPSA) is 87.5 Å². The summed E-state index contributed by atoms with van der Waals surface area (Å²) in [6.07, 6.45) is 0.997. The third-order valence-electron chi connectivity index (χ3n) is 4.70. The molecule has 3 amide bonds. The molecule has 6 heteroatoms. The minimum absolute atomic E-state index is 0.107. The fourth-order valence-electron chi connectivity index (χ4n) is 3.25. The molecule has 0 aliphatic rings. The highest BCUT2D eigenvalue weighted by Crippen LogP contribution is 2.20. The van der Waals surface area contributed by atoms with Crippen molar-refractivity contribution in [1.82, 2.24) is 10.6 Å². The maximum Gasteiger partial charge on any atom is 0.312 e. The van der Waals surface area contributed by atoms with E-state index >= 15 is 0 Å². The van der Waals surface area contributed by atoms with Crippen LogP contribution in [0.2, 0.25) is 0 Å². The Bertz CT molecular complexity index is 764. The average Bonchev–Trinajstić information content (AvgIpc) is 2.68. The summed E-state index contributed by atoms with van der Waals surface area (Å²) < 4.78 is 0. The van der Waals surface area contributed by atoms with Gasteiger partial charge in [-0.15, -0.1) is 0 Å². The Morgan fingerprint density at radius 2 is 1.75 bits per heavy atom. The van der Waals surface area contributed by atoms with Gasteiger partial charge in [0.05, 0.1) is 12.5 Å². The molecule has 6 nitrogen and oxygen atoms in total. The lowest BCUT2D eigenvalue weighted by atomic mass is 9.98. The molecule has 0 aliphatic carbocycles. The molecule has 28 heavy (non-hydrogen) atoms. The number of aryl methyl sites for hydroxylation is 1. The number of benzene rings is 2. The average molecular weight is 383 g/mol. The van der Waals surface area contributed by atoms with Crippen LogP contribution in [0.4, 0.5) is 10.5 Å². The summed E-state index contributed by atoms with van der Waals surface area (Å²) in [5, 5.41) is 5.63. The molecule has 1 unspecified atom stereocenters. The normalized spacial score (nSPS) is 11.5. The van der Waals surface area contributed by atoms with Gasteiger partial charge in [0.15, 0.2) is 0 Å². The number of amides is 3. The Labute approximate surface area is 167 Å². The van der Waals surface area contributed by atoms with Crippen molar-refractivity contribution in [3.8, 4) is 0 Å². The zero-order chi connectivity index (χ0) is 20.4. The molecule has 0 fully saturated rings. The van der Waals surface area contributed by atoms with Crippen LogP contribution >= 0.6 is 0 Å². The van der Waals surface area contributed by atoms with E-state index in [4.69, 9.17) is 5.73 Å². The van der Waals surface area contributed by atoms with Gasteiger partial charge in [-0.05, 0) is 43.5 Å². The number of para-hydroxylation sites is 1. The van der Waals surface area contributed by atoms with E-state index in [0.717, 1.165) is 30.6 Å². The number of anilines is 1. The molecular weight excluding hydrogens is 352 g/mol. The lowest BCUT2D eigenvalue weighted by Crippen LogP contribution is -2.37. The summed E-state index contributed by atoms with van der Waals surface area (Å²) in [7, 11) is 0. The minimum atomic E-state index is -0.637. The van der Waals surface area contributed by atoms with Gasteiger partial charge in [0.1, 0.15) is 0 Å². The maximum atomic E-state index is 12.4. The number of hydrogen-bond donors (Lipinski definition) is 3. The van der Waals surface area contributed by atoms with E-state index < -0.39 is 12.1 Å². The van der Waals surface area contributed by atoms with Crippen LogP contribution in [0.1, 0.15) is 36.9 Å². The molecule has 0 radical (unpaired) electrons. The fourth-order valence-corrected chi connectivity index (χ4v) is 3.25. The van der Waals surface area contributed by atoms with E-state index in [1.54, 1.807) is 0 Å². The van der Waals surface area contributed by atoms with Crippen LogP contribution in [0.25, 0.3) is 0 Å². The molecule has 0 saturated heterocycles. The highest BCUT2D eigenvalue weighted by molar-refractivity contribution is 5.78. The van der Waals surface area contributed by atoms with E-state index in [-0.39, 0.29) is 12.3 Å². The van der Waals surface area contributed by atoms with Gasteiger partial charge >= 0.3 is 6.03 Å². The van der Waals surface area contributed by atoms with E-state index in [2.05, 4.69) is 34.6 Å². The van der Waals surface area contributed by atoms with Crippen molar-refractivity contribution in [2.45, 2.75) is 32.7 Å². The zero-order valence-electron chi connectivity index (χ0n) is 16.7. The number of nitrogens with one attached hydrogen (secondary N) is 2. The quantitative estimate of drug-likeness (QED) is 0.552. The summed E-state index contributed by atoms with van der Waals surface area (Å²) in [6.45, 7) is 6.43. The second kappa shape index (κ2) is 11.0. The number of rotatable bonds is 10. The predicted molar refractivity (Wildman–Crippen MR) is 113 cm³/mol. The molecule has 2 rings (SSSR count). The number of carbonyl (C=O) groups excluding carboxylic acids is 2. The number of primary amides is 1. The molecule has 1 atom stereocenters. The first-order chi connectivity index (χ1) is 13.5. The van der Waals surface area contributed by atoms with Gasteiger partial charge in [-0.1, -0.05) is 42.5 Å². The number of carbonyl (C=O) groups is 2. The molecule has 150 valence electrons. The number of nitrogens with two attached hydrogens (primary N) is 1. The van der Waals surface area contributed by atoms with Crippen molar-refractivity contribution in [2.24, 2.45) is 5.73 Å². The molecule has 0 bridgehead atoms. The molecule has 0 heterocycles. The van der Waals surface area contributed by atoms with Crippen molar-refractivity contribution >= 4 is 17.6 Å². The van der Waals surface area contributed by atoms with Crippen molar-refractivity contribution < 1.29 is 9.59 Å². The molecule has 0 saturated carbocycles. The molecule has 0 aliphatic heterocycles. The standard InChI is InChI=1S/C22H30N4O2/c1-3-26(18-11-5-4-6-12-18)15-9-14-24-21(27)16-20(25-22(23)28)19-13-8-7-10-17(19)2/h4-8,10-13,20H,3,9,14-16H2,1-2H3,(H,24,27)(H3,23,25,28). The van der Waals surface area contributed by atoms with Gasteiger partial charge in [0.25, 0.3) is 0 Å². The molecule has 0 aromatic heterocycles. The molecule has 4 N–H and O–H groups in total. The van der Waals surface area contributed by atoms with Crippen molar-refractivity contribution in [1.29, 1.82) is 0 Å². The van der Waals surface area contributed by atoms with E-state index in [1.165, 1.54) is 5.69 Å². The highest BCUT2D eigenvalue weighted by atomic mass is 16.2. The zero-order valence-corrected chi connectivity index (χ0v) is 16.7. The Hall–Kier alpha value is -3.02. The Balaban J connectivity index is 1.84. The van der Waals surface area contributed by atoms with E-state index in [0.29, 0.717) is 6.54 Å². The van der Waals surface area contributed by atoms with Crippen LogP contribution in [0, 0.1) is 6.92 Å². The first-order valence-corrected chi connectivity index (χ1v) is 9.69. The maximum absolute atomic E-state index is 12.4. The summed E-state index contributed by atoms with van der Waals surface area (Å²) in [5.41, 5.74) is 8.39. The van der Waals surface area contributed by atoms with E-state index in [9.17, 15) is 9.59 Å². The van der Waals surface area contributed by atoms with E-state index in [1.807, 2.05) is 49.4 Å². The fraction of sp³-hybridized carbons (Fsp3) is 0.364. The number of urea groups is 1. The predicted octanol–water partition coefficient (Wildman–Crippen LogP) is 3.13. The molecule has 2 aromatic carbocycles. The number of hydrogen-bond acceptors (Lipinski definition) is 3. The first-order valence-electron chi connectivity index (χ1n) is 9.69. The van der Waals surface area contributed by atoms with Crippen LogP contribution in [0.3, 0.4) is 0 Å².